The fourth-order valence-electron chi connectivity index (χ4n) is 2.50. The molecule has 0 saturated carbocycles. The minimum atomic E-state index is -0.194. The lowest BCUT2D eigenvalue weighted by Gasteiger charge is -2.08. The molecule has 0 bridgehead atoms. The summed E-state index contributed by atoms with van der Waals surface area (Å²) in [4.78, 5) is 21.6. The molecule has 0 atom stereocenters. The maximum absolute atomic E-state index is 12.8. The summed E-state index contributed by atoms with van der Waals surface area (Å²) in [5.41, 5.74) is 3.05. The smallest absolute Gasteiger partial charge is 0.275 e. The molecule has 3 heterocycles. The molecule has 1 amide bonds. The first-order valence-electron chi connectivity index (χ1n) is 7.49. The van der Waals surface area contributed by atoms with E-state index >= 15 is 0 Å². The molecule has 0 saturated heterocycles. The number of amides is 1. The summed E-state index contributed by atoms with van der Waals surface area (Å²) in [7, 11) is 0. The van der Waals surface area contributed by atoms with Crippen LogP contribution in [0.1, 0.15) is 35.1 Å². The Morgan fingerprint density at radius 3 is 2.91 bits per heavy atom. The van der Waals surface area contributed by atoms with Crippen molar-refractivity contribution in [1.82, 2.24) is 14.4 Å². The summed E-state index contributed by atoms with van der Waals surface area (Å²) in [6.07, 6.45) is 5.21. The number of fused-ring (bicyclic) bond motifs is 1. The minimum Gasteiger partial charge on any atom is -0.305 e. The van der Waals surface area contributed by atoms with Crippen molar-refractivity contribution in [2.45, 2.75) is 26.7 Å². The van der Waals surface area contributed by atoms with E-state index in [9.17, 15) is 4.79 Å². The molecule has 0 spiro atoms. The van der Waals surface area contributed by atoms with Crippen LogP contribution >= 0.6 is 15.9 Å². The summed E-state index contributed by atoms with van der Waals surface area (Å²) < 4.78 is 2.72. The second-order valence-corrected chi connectivity index (χ2v) is 6.27. The first-order valence-corrected chi connectivity index (χ1v) is 8.29. The third-order valence-electron chi connectivity index (χ3n) is 3.60. The zero-order valence-corrected chi connectivity index (χ0v) is 14.6. The molecule has 5 nitrogen and oxygen atoms in total. The van der Waals surface area contributed by atoms with Gasteiger partial charge in [0.2, 0.25) is 0 Å². The van der Waals surface area contributed by atoms with Crippen LogP contribution in [0.2, 0.25) is 0 Å². The average Bonchev–Trinajstić information content (AvgIpc) is 2.87. The lowest BCUT2D eigenvalue weighted by Crippen LogP contribution is -2.17. The molecule has 0 radical (unpaired) electrons. The number of carbonyl (C=O) groups excluding carboxylic acids is 1. The Labute approximate surface area is 142 Å². The van der Waals surface area contributed by atoms with Crippen molar-refractivity contribution in [3.8, 4) is 0 Å². The largest absolute Gasteiger partial charge is 0.305 e. The van der Waals surface area contributed by atoms with Gasteiger partial charge in [0.25, 0.3) is 5.91 Å². The SMILES string of the molecule is CCCc1nc2ccc(Br)cn2c1C(=O)Nc1ncccc1C. The number of aromatic nitrogens is 3. The quantitative estimate of drug-likeness (QED) is 0.752. The first kappa shape index (κ1) is 15.7. The van der Waals surface area contributed by atoms with Gasteiger partial charge in [0.05, 0.1) is 5.69 Å². The second kappa shape index (κ2) is 6.50. The van der Waals surface area contributed by atoms with Crippen molar-refractivity contribution < 1.29 is 4.79 Å². The number of hydrogen-bond donors (Lipinski definition) is 1. The number of imidazole rings is 1. The van der Waals surface area contributed by atoms with Crippen LogP contribution in [0.15, 0.2) is 41.1 Å². The number of aryl methyl sites for hydroxylation is 2. The molecule has 118 valence electrons. The van der Waals surface area contributed by atoms with Crippen LogP contribution in [0.4, 0.5) is 5.82 Å². The second-order valence-electron chi connectivity index (χ2n) is 5.36. The van der Waals surface area contributed by atoms with Crippen molar-refractivity contribution in [2.24, 2.45) is 0 Å². The summed E-state index contributed by atoms with van der Waals surface area (Å²) in [6, 6.07) is 7.58. The third-order valence-corrected chi connectivity index (χ3v) is 4.07. The Bertz CT molecular complexity index is 872. The number of halogens is 1. The predicted molar refractivity (Wildman–Crippen MR) is 93.8 cm³/mol. The van der Waals surface area contributed by atoms with E-state index in [4.69, 9.17) is 0 Å². The standard InChI is InChI=1S/C17H17BrN4O/c1-3-5-13-15(22-10-12(18)7-8-14(22)20-13)17(23)21-16-11(2)6-4-9-19-16/h4,6-10H,3,5H2,1-2H3,(H,19,21,23). The number of nitrogens with one attached hydrogen (secondary N) is 1. The van der Waals surface area contributed by atoms with E-state index in [0.29, 0.717) is 11.5 Å². The van der Waals surface area contributed by atoms with Gasteiger partial charge in [0.1, 0.15) is 17.2 Å². The molecule has 3 rings (SSSR count). The van der Waals surface area contributed by atoms with E-state index in [1.807, 2.05) is 41.8 Å². The predicted octanol–water partition coefficient (Wildman–Crippen LogP) is 4.01. The highest BCUT2D eigenvalue weighted by molar-refractivity contribution is 9.10. The molecule has 0 fully saturated rings. The van der Waals surface area contributed by atoms with E-state index in [2.05, 4.69) is 38.1 Å². The highest BCUT2D eigenvalue weighted by Gasteiger charge is 2.19. The van der Waals surface area contributed by atoms with Gasteiger partial charge in [-0.05, 0) is 53.0 Å². The summed E-state index contributed by atoms with van der Waals surface area (Å²) in [5.74, 6) is 0.380. The molecular weight excluding hydrogens is 356 g/mol. The Kier molecular flexibility index (Phi) is 4.43. The average molecular weight is 373 g/mol. The van der Waals surface area contributed by atoms with Gasteiger partial charge in [-0.15, -0.1) is 0 Å². The lowest BCUT2D eigenvalue weighted by atomic mass is 10.2. The Balaban J connectivity index is 2.06. The summed E-state index contributed by atoms with van der Waals surface area (Å²) in [6.45, 7) is 3.99. The van der Waals surface area contributed by atoms with Gasteiger partial charge in [0, 0.05) is 16.9 Å². The Hall–Kier alpha value is -2.21. The van der Waals surface area contributed by atoms with Gasteiger partial charge >= 0.3 is 0 Å². The Morgan fingerprint density at radius 1 is 1.35 bits per heavy atom. The maximum atomic E-state index is 12.8. The molecule has 3 aromatic heterocycles. The van der Waals surface area contributed by atoms with Gasteiger partial charge in [-0.3, -0.25) is 9.20 Å². The molecule has 1 N–H and O–H groups in total. The topological polar surface area (TPSA) is 59.3 Å². The summed E-state index contributed by atoms with van der Waals surface area (Å²) in [5, 5.41) is 2.90. The van der Waals surface area contributed by atoms with E-state index in [0.717, 1.165) is 34.2 Å². The van der Waals surface area contributed by atoms with Gasteiger partial charge in [-0.1, -0.05) is 19.4 Å². The molecular formula is C17H17BrN4O. The van der Waals surface area contributed by atoms with Gasteiger partial charge < -0.3 is 5.32 Å². The number of rotatable bonds is 4. The van der Waals surface area contributed by atoms with E-state index in [-0.39, 0.29) is 5.91 Å². The van der Waals surface area contributed by atoms with Gasteiger partial charge in [-0.25, -0.2) is 9.97 Å². The molecule has 0 aromatic carbocycles. The number of nitrogens with zero attached hydrogens (tertiary/aromatic N) is 3. The van der Waals surface area contributed by atoms with Crippen LogP contribution in [0.25, 0.3) is 5.65 Å². The molecule has 6 heteroatoms. The van der Waals surface area contributed by atoms with Crippen molar-refractivity contribution >= 4 is 33.3 Å². The number of hydrogen-bond acceptors (Lipinski definition) is 3. The fourth-order valence-corrected chi connectivity index (χ4v) is 2.84. The van der Waals surface area contributed by atoms with Crippen LogP contribution < -0.4 is 5.32 Å². The summed E-state index contributed by atoms with van der Waals surface area (Å²) >= 11 is 3.45. The minimum absolute atomic E-state index is 0.194. The molecule has 3 aromatic rings. The molecule has 0 aliphatic heterocycles. The number of anilines is 1. The zero-order valence-electron chi connectivity index (χ0n) is 13.0. The molecule has 0 aliphatic carbocycles. The van der Waals surface area contributed by atoms with E-state index in [1.54, 1.807) is 6.20 Å². The molecule has 0 aliphatic rings. The highest BCUT2D eigenvalue weighted by Crippen LogP contribution is 2.20. The molecule has 23 heavy (non-hydrogen) atoms. The van der Waals surface area contributed by atoms with Crippen molar-refractivity contribution in [1.29, 1.82) is 0 Å². The zero-order chi connectivity index (χ0) is 16.4. The van der Waals surface area contributed by atoms with Gasteiger partial charge in [-0.2, -0.15) is 0 Å². The van der Waals surface area contributed by atoms with E-state index in [1.165, 1.54) is 0 Å². The fraction of sp³-hybridized carbons (Fsp3) is 0.235. The van der Waals surface area contributed by atoms with Crippen molar-refractivity contribution in [2.75, 3.05) is 5.32 Å². The van der Waals surface area contributed by atoms with Crippen LogP contribution in [-0.4, -0.2) is 20.3 Å². The monoisotopic (exact) mass is 372 g/mol. The lowest BCUT2D eigenvalue weighted by molar-refractivity contribution is 0.102. The number of pyridine rings is 2. The maximum Gasteiger partial charge on any atom is 0.275 e. The Morgan fingerprint density at radius 2 is 2.17 bits per heavy atom. The van der Waals surface area contributed by atoms with Crippen LogP contribution in [-0.2, 0) is 6.42 Å². The first-order chi connectivity index (χ1) is 11.1. The highest BCUT2D eigenvalue weighted by atomic mass is 79.9. The van der Waals surface area contributed by atoms with Crippen LogP contribution in [0, 0.1) is 6.92 Å². The van der Waals surface area contributed by atoms with Crippen LogP contribution in [0.3, 0.4) is 0 Å². The number of carbonyl (C=O) groups is 1. The third kappa shape index (κ3) is 3.12. The van der Waals surface area contributed by atoms with Crippen LogP contribution in [0.5, 0.6) is 0 Å². The van der Waals surface area contributed by atoms with Crippen molar-refractivity contribution in [3.05, 3.63) is 58.1 Å². The van der Waals surface area contributed by atoms with E-state index < -0.39 is 0 Å². The normalized spacial score (nSPS) is 10.9. The van der Waals surface area contributed by atoms with Crippen molar-refractivity contribution in [3.63, 3.8) is 0 Å². The van der Waals surface area contributed by atoms with Gasteiger partial charge in [0.15, 0.2) is 0 Å². The molecule has 0 unspecified atom stereocenters.